The van der Waals surface area contributed by atoms with E-state index in [2.05, 4.69) is 25.8 Å². The van der Waals surface area contributed by atoms with Crippen LogP contribution in [0.2, 0.25) is 0 Å². The molecule has 1 amide bonds. The number of rotatable bonds is 2. The maximum atomic E-state index is 12.5. The normalized spacial score (nSPS) is 21.5. The fraction of sp³-hybridized carbons (Fsp3) is 0.625. The lowest BCUT2D eigenvalue weighted by Crippen LogP contribution is -2.48. The number of hydrogen-bond acceptors (Lipinski definition) is 3. The predicted molar refractivity (Wildman–Crippen MR) is 86.3 cm³/mol. The maximum Gasteiger partial charge on any atom is 0.255 e. The van der Waals surface area contributed by atoms with Gasteiger partial charge in [-0.2, -0.15) is 0 Å². The molecular weight excluding hydrogens is 330 g/mol. The standard InChI is InChI=1S/C16H22BrN3O/c17-14-10-13(11-18-12-14)16(21)20-8-4-15(5-9-20)19-6-2-1-3-7-19/h10-12,15H,1-9H2. The molecule has 0 unspecified atom stereocenters. The Kier molecular flexibility index (Phi) is 4.91. The van der Waals surface area contributed by atoms with Crippen LogP contribution in [0.3, 0.4) is 0 Å². The summed E-state index contributed by atoms with van der Waals surface area (Å²) in [6.07, 6.45) is 9.62. The van der Waals surface area contributed by atoms with Crippen molar-refractivity contribution in [2.24, 2.45) is 0 Å². The molecule has 3 heterocycles. The van der Waals surface area contributed by atoms with Gasteiger partial charge < -0.3 is 9.80 Å². The molecule has 0 spiro atoms. The van der Waals surface area contributed by atoms with Crippen molar-refractivity contribution in [2.75, 3.05) is 26.2 Å². The van der Waals surface area contributed by atoms with Gasteiger partial charge in [0.1, 0.15) is 0 Å². The molecule has 1 aromatic rings. The average molecular weight is 352 g/mol. The lowest BCUT2D eigenvalue weighted by Gasteiger charge is -2.40. The van der Waals surface area contributed by atoms with Gasteiger partial charge in [-0.15, -0.1) is 0 Å². The van der Waals surface area contributed by atoms with Crippen molar-refractivity contribution in [3.63, 3.8) is 0 Å². The zero-order valence-electron chi connectivity index (χ0n) is 12.3. The van der Waals surface area contributed by atoms with Crippen LogP contribution in [0, 0.1) is 0 Å². The van der Waals surface area contributed by atoms with Gasteiger partial charge in [-0.1, -0.05) is 6.42 Å². The van der Waals surface area contributed by atoms with Gasteiger partial charge in [-0.05, 0) is 60.8 Å². The molecular formula is C16H22BrN3O. The Morgan fingerprint density at radius 2 is 1.81 bits per heavy atom. The minimum Gasteiger partial charge on any atom is -0.338 e. The summed E-state index contributed by atoms with van der Waals surface area (Å²) >= 11 is 3.38. The molecule has 0 bridgehead atoms. The quantitative estimate of drug-likeness (QED) is 0.821. The average Bonchev–Trinajstić information content (AvgIpc) is 2.55. The molecule has 21 heavy (non-hydrogen) atoms. The minimum atomic E-state index is 0.112. The first-order valence-electron chi connectivity index (χ1n) is 7.88. The molecule has 2 aliphatic heterocycles. The Labute approximate surface area is 134 Å². The van der Waals surface area contributed by atoms with Crippen molar-refractivity contribution < 1.29 is 4.79 Å². The highest BCUT2D eigenvalue weighted by molar-refractivity contribution is 9.10. The number of amides is 1. The number of piperidine rings is 2. The summed E-state index contributed by atoms with van der Waals surface area (Å²) in [6.45, 7) is 4.22. The third kappa shape index (κ3) is 3.64. The molecule has 5 heteroatoms. The monoisotopic (exact) mass is 351 g/mol. The van der Waals surface area contributed by atoms with E-state index in [1.54, 1.807) is 12.4 Å². The van der Waals surface area contributed by atoms with Gasteiger partial charge in [0.25, 0.3) is 5.91 Å². The molecule has 0 radical (unpaired) electrons. The van der Waals surface area contributed by atoms with Crippen molar-refractivity contribution >= 4 is 21.8 Å². The molecule has 2 saturated heterocycles. The van der Waals surface area contributed by atoms with E-state index < -0.39 is 0 Å². The van der Waals surface area contributed by atoms with Crippen LogP contribution in [0.5, 0.6) is 0 Å². The Bertz CT molecular complexity index is 494. The molecule has 0 saturated carbocycles. The zero-order chi connectivity index (χ0) is 14.7. The number of likely N-dealkylation sites (tertiary alicyclic amines) is 2. The van der Waals surface area contributed by atoms with Gasteiger partial charge in [0.05, 0.1) is 5.56 Å². The highest BCUT2D eigenvalue weighted by Crippen LogP contribution is 2.22. The summed E-state index contributed by atoms with van der Waals surface area (Å²) in [4.78, 5) is 21.2. The van der Waals surface area contributed by atoms with Gasteiger partial charge in [0.15, 0.2) is 0 Å². The number of hydrogen-bond donors (Lipinski definition) is 0. The Morgan fingerprint density at radius 3 is 2.48 bits per heavy atom. The van der Waals surface area contributed by atoms with Crippen LogP contribution in [0.4, 0.5) is 0 Å². The third-order valence-electron chi connectivity index (χ3n) is 4.61. The minimum absolute atomic E-state index is 0.112. The number of halogens is 1. The zero-order valence-corrected chi connectivity index (χ0v) is 13.9. The van der Waals surface area contributed by atoms with Gasteiger partial charge in [-0.3, -0.25) is 9.78 Å². The van der Waals surface area contributed by atoms with E-state index in [1.165, 1.54) is 32.4 Å². The van der Waals surface area contributed by atoms with Crippen LogP contribution in [-0.2, 0) is 0 Å². The Balaban J connectivity index is 1.56. The summed E-state index contributed by atoms with van der Waals surface area (Å²) in [5, 5.41) is 0. The number of nitrogens with zero attached hydrogens (tertiary/aromatic N) is 3. The third-order valence-corrected chi connectivity index (χ3v) is 5.04. The number of pyridine rings is 1. The first kappa shape index (κ1) is 15.0. The maximum absolute atomic E-state index is 12.5. The summed E-state index contributed by atoms with van der Waals surface area (Å²) in [5.41, 5.74) is 0.681. The van der Waals surface area contributed by atoms with E-state index in [0.717, 1.165) is 30.4 Å². The molecule has 2 fully saturated rings. The van der Waals surface area contributed by atoms with Gasteiger partial charge in [-0.25, -0.2) is 0 Å². The van der Waals surface area contributed by atoms with E-state index in [4.69, 9.17) is 0 Å². The Morgan fingerprint density at radius 1 is 1.10 bits per heavy atom. The first-order chi connectivity index (χ1) is 10.2. The van der Waals surface area contributed by atoms with Crippen LogP contribution in [-0.4, -0.2) is 52.9 Å². The fourth-order valence-corrected chi connectivity index (χ4v) is 3.79. The first-order valence-corrected chi connectivity index (χ1v) is 8.67. The second-order valence-corrected chi connectivity index (χ2v) is 6.93. The molecule has 4 nitrogen and oxygen atoms in total. The van der Waals surface area contributed by atoms with E-state index in [9.17, 15) is 4.79 Å². The smallest absolute Gasteiger partial charge is 0.255 e. The number of carbonyl (C=O) groups excluding carboxylic acids is 1. The van der Waals surface area contributed by atoms with Gasteiger partial charge in [0, 0.05) is 36.0 Å². The van der Waals surface area contributed by atoms with Crippen LogP contribution in [0.25, 0.3) is 0 Å². The Hall–Kier alpha value is -0.940. The fourth-order valence-electron chi connectivity index (χ4n) is 3.43. The van der Waals surface area contributed by atoms with Crippen LogP contribution in [0.15, 0.2) is 22.9 Å². The van der Waals surface area contributed by atoms with Gasteiger partial charge in [0.2, 0.25) is 0 Å². The van der Waals surface area contributed by atoms with Crippen molar-refractivity contribution in [1.29, 1.82) is 0 Å². The van der Waals surface area contributed by atoms with Crippen molar-refractivity contribution in [3.8, 4) is 0 Å². The number of aromatic nitrogens is 1. The molecule has 2 aliphatic rings. The highest BCUT2D eigenvalue weighted by atomic mass is 79.9. The van der Waals surface area contributed by atoms with E-state index >= 15 is 0 Å². The summed E-state index contributed by atoms with van der Waals surface area (Å²) < 4.78 is 0.858. The molecule has 3 rings (SSSR count). The summed E-state index contributed by atoms with van der Waals surface area (Å²) in [6, 6.07) is 2.53. The van der Waals surface area contributed by atoms with E-state index in [-0.39, 0.29) is 5.91 Å². The molecule has 1 aromatic heterocycles. The predicted octanol–water partition coefficient (Wildman–Crippen LogP) is 2.93. The number of carbonyl (C=O) groups is 1. The molecule has 0 N–H and O–H groups in total. The van der Waals surface area contributed by atoms with Gasteiger partial charge >= 0.3 is 0 Å². The molecule has 0 atom stereocenters. The second-order valence-electron chi connectivity index (χ2n) is 6.01. The summed E-state index contributed by atoms with van der Waals surface area (Å²) in [5.74, 6) is 0.112. The van der Waals surface area contributed by atoms with Crippen LogP contribution in [0.1, 0.15) is 42.5 Å². The topological polar surface area (TPSA) is 36.4 Å². The van der Waals surface area contributed by atoms with Crippen molar-refractivity contribution in [2.45, 2.75) is 38.1 Å². The molecule has 0 aliphatic carbocycles. The van der Waals surface area contributed by atoms with E-state index in [1.807, 2.05) is 11.0 Å². The second kappa shape index (κ2) is 6.88. The highest BCUT2D eigenvalue weighted by Gasteiger charge is 2.28. The van der Waals surface area contributed by atoms with Crippen molar-refractivity contribution in [1.82, 2.24) is 14.8 Å². The molecule has 0 aromatic carbocycles. The lowest BCUT2D eigenvalue weighted by molar-refractivity contribution is 0.0589. The SMILES string of the molecule is O=C(c1cncc(Br)c1)N1CCC(N2CCCCC2)CC1. The summed E-state index contributed by atoms with van der Waals surface area (Å²) in [7, 11) is 0. The lowest BCUT2D eigenvalue weighted by atomic mass is 9.99. The largest absolute Gasteiger partial charge is 0.338 e. The molecule has 114 valence electrons. The van der Waals surface area contributed by atoms with Crippen molar-refractivity contribution in [3.05, 3.63) is 28.5 Å². The van der Waals surface area contributed by atoms with Crippen LogP contribution < -0.4 is 0 Å². The van der Waals surface area contributed by atoms with E-state index in [0.29, 0.717) is 11.6 Å². The van der Waals surface area contributed by atoms with Crippen LogP contribution >= 0.6 is 15.9 Å².